The number of para-hydroxylation sites is 3. The summed E-state index contributed by atoms with van der Waals surface area (Å²) in [4.78, 5) is 22.5. The summed E-state index contributed by atoms with van der Waals surface area (Å²) < 4.78 is 12.4. The van der Waals surface area contributed by atoms with Gasteiger partial charge in [-0.25, -0.2) is 9.97 Å². The Hall–Kier alpha value is -3.98. The lowest BCUT2D eigenvalue weighted by Crippen LogP contribution is -2.26. The number of anilines is 1. The van der Waals surface area contributed by atoms with Crippen molar-refractivity contribution in [2.24, 2.45) is 5.10 Å². The molecule has 3 N–H and O–H groups in total. The van der Waals surface area contributed by atoms with E-state index in [1.165, 1.54) is 4.68 Å². The first kappa shape index (κ1) is 23.2. The van der Waals surface area contributed by atoms with Crippen LogP contribution in [-0.2, 0) is 4.74 Å². The molecule has 2 aromatic carbocycles. The van der Waals surface area contributed by atoms with Crippen molar-refractivity contribution >= 4 is 40.1 Å². The number of hydrogen-bond donors (Lipinski definition) is 2. The van der Waals surface area contributed by atoms with E-state index in [9.17, 15) is 4.79 Å². The summed E-state index contributed by atoms with van der Waals surface area (Å²) in [6.07, 6.45) is 2.45. The third kappa shape index (κ3) is 4.84. The summed E-state index contributed by atoms with van der Waals surface area (Å²) in [5, 5.41) is 7.44. The van der Waals surface area contributed by atoms with E-state index >= 15 is 0 Å². The Bertz CT molecular complexity index is 1350. The maximum absolute atomic E-state index is 13.1. The predicted molar refractivity (Wildman–Crippen MR) is 133 cm³/mol. The minimum Gasteiger partial charge on any atom is -0.496 e. The number of nitrogens with zero attached hydrogens (tertiary/aromatic N) is 4. The van der Waals surface area contributed by atoms with Gasteiger partial charge in [-0.1, -0.05) is 24.3 Å². The number of aromatic nitrogens is 3. The summed E-state index contributed by atoms with van der Waals surface area (Å²) in [6, 6.07) is 14.9. The van der Waals surface area contributed by atoms with Gasteiger partial charge in [0.2, 0.25) is 0 Å². The molecule has 1 amide bonds. The Balaban J connectivity index is 1.73. The van der Waals surface area contributed by atoms with Crippen LogP contribution in [0.25, 0.3) is 22.2 Å². The fourth-order valence-corrected chi connectivity index (χ4v) is 3.56. The molecule has 34 heavy (non-hydrogen) atoms. The Labute approximate surface area is 197 Å². The molecule has 4 aromatic rings. The molecule has 9 heteroatoms. The fraction of sp³-hybridized carbons (Fsp3) is 0.280. The van der Waals surface area contributed by atoms with Gasteiger partial charge in [-0.2, -0.15) is 9.78 Å². The zero-order valence-electron chi connectivity index (χ0n) is 19.5. The topological polar surface area (TPSA) is 117 Å². The Morgan fingerprint density at radius 1 is 1.15 bits per heavy atom. The van der Waals surface area contributed by atoms with Gasteiger partial charge in [0.25, 0.3) is 5.91 Å². The lowest BCUT2D eigenvalue weighted by atomic mass is 10.2. The van der Waals surface area contributed by atoms with E-state index in [2.05, 4.69) is 15.4 Å². The SMILES string of the molecule is COc1ccccc1/C=N\n1c(N)c(C(=O)NCCCOC(C)C)c2nc3ccccc3nc21. The maximum atomic E-state index is 13.1. The second-order valence-corrected chi connectivity index (χ2v) is 7.97. The minimum atomic E-state index is -0.331. The molecule has 4 rings (SSSR count). The van der Waals surface area contributed by atoms with Crippen LogP contribution in [0.2, 0.25) is 0 Å². The fourth-order valence-electron chi connectivity index (χ4n) is 3.56. The molecule has 176 valence electrons. The van der Waals surface area contributed by atoms with Gasteiger partial charge in [0.1, 0.15) is 22.6 Å². The Kier molecular flexibility index (Phi) is 7.03. The number of fused-ring (bicyclic) bond motifs is 2. The van der Waals surface area contributed by atoms with E-state index in [1.807, 2.05) is 62.4 Å². The summed E-state index contributed by atoms with van der Waals surface area (Å²) in [6.45, 7) is 4.96. The molecular formula is C25H28N6O3. The lowest BCUT2D eigenvalue weighted by molar-refractivity contribution is 0.0757. The van der Waals surface area contributed by atoms with Gasteiger partial charge < -0.3 is 20.5 Å². The van der Waals surface area contributed by atoms with Crippen molar-refractivity contribution in [2.75, 3.05) is 26.0 Å². The minimum absolute atomic E-state index is 0.147. The van der Waals surface area contributed by atoms with Crippen LogP contribution in [0.3, 0.4) is 0 Å². The van der Waals surface area contributed by atoms with Crippen molar-refractivity contribution in [3.05, 3.63) is 59.7 Å². The molecule has 0 aliphatic rings. The van der Waals surface area contributed by atoms with Crippen LogP contribution >= 0.6 is 0 Å². The number of nitrogens with one attached hydrogen (secondary N) is 1. The smallest absolute Gasteiger partial charge is 0.257 e. The van der Waals surface area contributed by atoms with Gasteiger partial charge in [-0.3, -0.25) is 4.79 Å². The number of carbonyl (C=O) groups excluding carboxylic acids is 1. The van der Waals surface area contributed by atoms with E-state index in [0.717, 1.165) is 5.56 Å². The van der Waals surface area contributed by atoms with Gasteiger partial charge >= 0.3 is 0 Å². The Morgan fingerprint density at radius 2 is 1.85 bits per heavy atom. The van der Waals surface area contributed by atoms with Crippen molar-refractivity contribution in [1.82, 2.24) is 20.0 Å². The van der Waals surface area contributed by atoms with Crippen molar-refractivity contribution in [2.45, 2.75) is 26.4 Å². The number of nitrogens with two attached hydrogens (primary N) is 1. The third-order valence-corrected chi connectivity index (χ3v) is 5.21. The van der Waals surface area contributed by atoms with Crippen molar-refractivity contribution < 1.29 is 14.3 Å². The first-order valence-electron chi connectivity index (χ1n) is 11.1. The average molecular weight is 461 g/mol. The van der Waals surface area contributed by atoms with E-state index in [0.29, 0.717) is 47.5 Å². The standard InChI is InChI=1S/C25H28N6O3/c1-16(2)34-14-8-13-27-25(32)21-22-24(30-19-11-6-5-10-18(19)29-22)31(23(21)26)28-15-17-9-4-7-12-20(17)33-3/h4-7,9-12,15-16H,8,13-14,26H2,1-3H3,(H,27,32)/b28-15-. The molecule has 0 fully saturated rings. The molecule has 0 unspecified atom stereocenters. The van der Waals surface area contributed by atoms with Gasteiger partial charge in [0, 0.05) is 18.7 Å². The van der Waals surface area contributed by atoms with Crippen LogP contribution in [-0.4, -0.2) is 53.1 Å². The van der Waals surface area contributed by atoms with E-state index in [-0.39, 0.29) is 23.4 Å². The first-order valence-corrected chi connectivity index (χ1v) is 11.1. The van der Waals surface area contributed by atoms with Crippen LogP contribution in [0, 0.1) is 0 Å². The number of hydrogen-bond acceptors (Lipinski definition) is 7. The highest BCUT2D eigenvalue weighted by atomic mass is 16.5. The van der Waals surface area contributed by atoms with Crippen LogP contribution in [0.5, 0.6) is 5.75 Å². The molecule has 0 aliphatic carbocycles. The van der Waals surface area contributed by atoms with Crippen LogP contribution < -0.4 is 15.8 Å². The largest absolute Gasteiger partial charge is 0.496 e. The van der Waals surface area contributed by atoms with E-state index in [1.54, 1.807) is 13.3 Å². The van der Waals surface area contributed by atoms with Gasteiger partial charge in [0.05, 0.1) is 30.5 Å². The van der Waals surface area contributed by atoms with Crippen LogP contribution in [0.4, 0.5) is 5.82 Å². The predicted octanol–water partition coefficient (Wildman–Crippen LogP) is 3.60. The van der Waals surface area contributed by atoms with Gasteiger partial charge in [0.15, 0.2) is 5.65 Å². The number of rotatable bonds is 9. The molecule has 2 aromatic heterocycles. The molecular weight excluding hydrogens is 432 g/mol. The summed E-state index contributed by atoms with van der Waals surface area (Å²) >= 11 is 0. The quantitative estimate of drug-likeness (QED) is 0.291. The average Bonchev–Trinajstić information content (AvgIpc) is 3.10. The number of ether oxygens (including phenoxy) is 2. The molecule has 0 radical (unpaired) electrons. The molecule has 0 atom stereocenters. The Morgan fingerprint density at radius 3 is 2.59 bits per heavy atom. The van der Waals surface area contributed by atoms with Gasteiger partial charge in [-0.15, -0.1) is 0 Å². The van der Waals surface area contributed by atoms with Crippen LogP contribution in [0.1, 0.15) is 36.2 Å². The zero-order chi connectivity index (χ0) is 24.1. The number of methoxy groups -OCH3 is 1. The number of benzene rings is 2. The van der Waals surface area contributed by atoms with Crippen molar-refractivity contribution in [3.63, 3.8) is 0 Å². The zero-order valence-corrected chi connectivity index (χ0v) is 19.5. The summed E-state index contributed by atoms with van der Waals surface area (Å²) in [5.41, 5.74) is 9.58. The summed E-state index contributed by atoms with van der Waals surface area (Å²) in [5.74, 6) is 0.495. The van der Waals surface area contributed by atoms with Crippen molar-refractivity contribution in [1.29, 1.82) is 0 Å². The number of carbonyl (C=O) groups is 1. The number of amides is 1. The second-order valence-electron chi connectivity index (χ2n) is 7.97. The first-order chi connectivity index (χ1) is 16.5. The highest BCUT2D eigenvalue weighted by Crippen LogP contribution is 2.28. The lowest BCUT2D eigenvalue weighted by Gasteiger charge is -2.08. The second kappa shape index (κ2) is 10.3. The molecule has 0 saturated carbocycles. The third-order valence-electron chi connectivity index (χ3n) is 5.21. The van der Waals surface area contributed by atoms with Gasteiger partial charge in [-0.05, 0) is 44.5 Å². The molecule has 2 heterocycles. The van der Waals surface area contributed by atoms with E-state index < -0.39 is 0 Å². The van der Waals surface area contributed by atoms with Crippen LogP contribution in [0.15, 0.2) is 53.6 Å². The highest BCUT2D eigenvalue weighted by Gasteiger charge is 2.24. The molecule has 0 saturated heterocycles. The summed E-state index contributed by atoms with van der Waals surface area (Å²) in [7, 11) is 1.60. The van der Waals surface area contributed by atoms with Crippen molar-refractivity contribution in [3.8, 4) is 5.75 Å². The molecule has 0 bridgehead atoms. The molecule has 9 nitrogen and oxygen atoms in total. The monoisotopic (exact) mass is 460 g/mol. The highest BCUT2D eigenvalue weighted by molar-refractivity contribution is 6.10. The maximum Gasteiger partial charge on any atom is 0.257 e. The molecule has 0 spiro atoms. The number of nitrogen functional groups attached to an aromatic ring is 1. The normalized spacial score (nSPS) is 11.6. The van der Waals surface area contributed by atoms with E-state index in [4.69, 9.17) is 20.2 Å². The molecule has 0 aliphatic heterocycles.